The lowest BCUT2D eigenvalue weighted by Crippen LogP contribution is -2.35. The number of aromatic nitrogens is 5. The van der Waals surface area contributed by atoms with Crippen molar-refractivity contribution in [2.24, 2.45) is 5.92 Å². The van der Waals surface area contributed by atoms with Crippen LogP contribution in [0.25, 0.3) is 10.9 Å². The third-order valence-electron chi connectivity index (χ3n) is 6.47. The lowest BCUT2D eigenvalue weighted by molar-refractivity contribution is 0.116. The van der Waals surface area contributed by atoms with Crippen molar-refractivity contribution >= 4 is 10.9 Å². The van der Waals surface area contributed by atoms with Crippen molar-refractivity contribution < 1.29 is 9.15 Å². The molecule has 3 heterocycles. The third-order valence-corrected chi connectivity index (χ3v) is 6.47. The molecule has 0 fully saturated rings. The quantitative estimate of drug-likeness (QED) is 0.301. The van der Waals surface area contributed by atoms with E-state index in [4.69, 9.17) is 9.15 Å². The lowest BCUT2D eigenvalue weighted by Gasteiger charge is -2.33. The molecule has 1 atom stereocenters. The van der Waals surface area contributed by atoms with Crippen molar-refractivity contribution in [3.8, 4) is 5.75 Å². The predicted molar refractivity (Wildman–Crippen MR) is 140 cm³/mol. The van der Waals surface area contributed by atoms with E-state index in [1.165, 1.54) is 0 Å². The Kier molecular flexibility index (Phi) is 7.14. The van der Waals surface area contributed by atoms with Gasteiger partial charge in [-0.25, -0.2) is 4.68 Å². The first kappa shape index (κ1) is 24.5. The molecule has 0 aliphatic rings. The van der Waals surface area contributed by atoms with Crippen molar-refractivity contribution in [3.05, 3.63) is 106 Å². The fraction of sp³-hybridized carbons (Fsp3) is 0.286. The normalized spacial score (nSPS) is 12.5. The molecule has 0 saturated heterocycles. The second-order valence-electron chi connectivity index (χ2n) is 9.43. The number of benzene rings is 2. The number of pyridine rings is 1. The molecule has 1 N–H and O–H groups in total. The number of nitrogens with zero attached hydrogens (tertiary/aromatic N) is 5. The zero-order valence-electron chi connectivity index (χ0n) is 21.2. The van der Waals surface area contributed by atoms with Gasteiger partial charge in [-0.05, 0) is 57.6 Å². The Labute approximate surface area is 214 Å². The minimum absolute atomic E-state index is 0.142. The fourth-order valence-electron chi connectivity index (χ4n) is 4.72. The van der Waals surface area contributed by atoms with Gasteiger partial charge in [0, 0.05) is 18.2 Å². The van der Waals surface area contributed by atoms with E-state index in [9.17, 15) is 4.79 Å². The van der Waals surface area contributed by atoms with Crippen LogP contribution in [0.3, 0.4) is 0 Å². The van der Waals surface area contributed by atoms with E-state index in [2.05, 4.69) is 51.4 Å². The van der Waals surface area contributed by atoms with Crippen molar-refractivity contribution in [1.29, 1.82) is 0 Å². The topological polar surface area (TPSA) is 102 Å². The number of methoxy groups -OCH3 is 1. The Morgan fingerprint density at radius 2 is 1.89 bits per heavy atom. The molecule has 0 spiro atoms. The maximum absolute atomic E-state index is 13.2. The zero-order chi connectivity index (χ0) is 25.8. The van der Waals surface area contributed by atoms with Crippen LogP contribution in [0.4, 0.5) is 0 Å². The van der Waals surface area contributed by atoms with Crippen LogP contribution >= 0.6 is 0 Å². The number of nitrogens with one attached hydrogen (secondary N) is 1. The number of H-pyrrole nitrogens is 1. The summed E-state index contributed by atoms with van der Waals surface area (Å²) in [5, 5.41) is 13.7. The van der Waals surface area contributed by atoms with Crippen molar-refractivity contribution in [1.82, 2.24) is 30.1 Å². The molecular weight excluding hydrogens is 468 g/mol. The molecule has 5 aromatic rings. The van der Waals surface area contributed by atoms with Gasteiger partial charge in [0.1, 0.15) is 11.5 Å². The summed E-state index contributed by atoms with van der Waals surface area (Å²) in [4.78, 5) is 18.4. The Morgan fingerprint density at radius 1 is 1.05 bits per heavy atom. The highest BCUT2D eigenvalue weighted by molar-refractivity contribution is 5.80. The zero-order valence-corrected chi connectivity index (χ0v) is 21.2. The van der Waals surface area contributed by atoms with Gasteiger partial charge < -0.3 is 14.1 Å². The molecule has 9 nitrogen and oxygen atoms in total. The molecule has 0 aliphatic carbocycles. The standard InChI is InChI=1S/C28H30N6O3/c1-19(2)26(27-30-31-32-34(27)16-20-8-5-4-6-9-20)33(18-24-10-7-13-37-24)17-22-14-21-11-12-23(36-3)15-25(21)29-28(22)35/h4-15,19,26H,16-18H2,1-3H3,(H,29,35)/t26-/m1/s1. The summed E-state index contributed by atoms with van der Waals surface area (Å²) < 4.78 is 12.8. The number of tetrazole rings is 1. The highest BCUT2D eigenvalue weighted by Gasteiger charge is 2.30. The van der Waals surface area contributed by atoms with Crippen LogP contribution in [0, 0.1) is 5.92 Å². The number of rotatable bonds is 10. The molecule has 0 radical (unpaired) electrons. The monoisotopic (exact) mass is 498 g/mol. The first-order chi connectivity index (χ1) is 18.0. The molecule has 0 unspecified atom stereocenters. The van der Waals surface area contributed by atoms with E-state index in [0.29, 0.717) is 30.9 Å². The molecule has 2 aromatic carbocycles. The van der Waals surface area contributed by atoms with E-state index >= 15 is 0 Å². The van der Waals surface area contributed by atoms with E-state index in [1.54, 1.807) is 13.4 Å². The Morgan fingerprint density at radius 3 is 2.62 bits per heavy atom. The van der Waals surface area contributed by atoms with Gasteiger partial charge in [0.05, 0.1) is 38.0 Å². The number of hydrogen-bond donors (Lipinski definition) is 1. The van der Waals surface area contributed by atoms with Crippen LogP contribution in [0.5, 0.6) is 5.75 Å². The van der Waals surface area contributed by atoms with Crippen LogP contribution in [-0.2, 0) is 19.6 Å². The number of ether oxygens (including phenoxy) is 1. The van der Waals surface area contributed by atoms with Crippen molar-refractivity contribution in [3.63, 3.8) is 0 Å². The van der Waals surface area contributed by atoms with Crippen LogP contribution in [0.2, 0.25) is 0 Å². The van der Waals surface area contributed by atoms with E-state index < -0.39 is 0 Å². The van der Waals surface area contributed by atoms with Crippen molar-refractivity contribution in [2.45, 2.75) is 39.5 Å². The van der Waals surface area contributed by atoms with Crippen LogP contribution in [0.15, 0.2) is 82.2 Å². The molecule has 0 amide bonds. The number of aromatic amines is 1. The SMILES string of the molecule is COc1ccc2cc(CN(Cc3ccco3)[C@@H](c3nnnn3Cc3ccccc3)C(C)C)c(=O)[nH]c2c1. The summed E-state index contributed by atoms with van der Waals surface area (Å²) >= 11 is 0. The smallest absolute Gasteiger partial charge is 0.252 e. The largest absolute Gasteiger partial charge is 0.497 e. The maximum atomic E-state index is 13.2. The molecule has 3 aromatic heterocycles. The summed E-state index contributed by atoms with van der Waals surface area (Å²) in [6.07, 6.45) is 1.66. The van der Waals surface area contributed by atoms with Gasteiger partial charge in [-0.1, -0.05) is 44.2 Å². The summed E-state index contributed by atoms with van der Waals surface area (Å²) in [5.41, 5.74) is 2.35. The van der Waals surface area contributed by atoms with Gasteiger partial charge in [0.25, 0.3) is 5.56 Å². The van der Waals surface area contributed by atoms with E-state index in [0.717, 1.165) is 28.1 Å². The Hall–Kier alpha value is -4.24. The highest BCUT2D eigenvalue weighted by Crippen LogP contribution is 2.31. The van der Waals surface area contributed by atoms with Gasteiger partial charge in [-0.15, -0.1) is 5.10 Å². The molecule has 190 valence electrons. The second-order valence-corrected chi connectivity index (χ2v) is 9.43. The van der Waals surface area contributed by atoms with Gasteiger partial charge in [-0.2, -0.15) is 0 Å². The first-order valence-electron chi connectivity index (χ1n) is 12.3. The Balaban J connectivity index is 1.53. The van der Waals surface area contributed by atoms with Crippen LogP contribution in [-0.4, -0.2) is 37.2 Å². The summed E-state index contributed by atoms with van der Waals surface area (Å²) in [6.45, 7) is 5.71. The number of fused-ring (bicyclic) bond motifs is 1. The molecule has 0 aliphatic heterocycles. The van der Waals surface area contributed by atoms with Gasteiger partial charge in [0.2, 0.25) is 0 Å². The first-order valence-corrected chi connectivity index (χ1v) is 12.3. The van der Waals surface area contributed by atoms with Crippen LogP contribution < -0.4 is 10.3 Å². The minimum Gasteiger partial charge on any atom is -0.497 e. The molecular formula is C28H30N6O3. The predicted octanol–water partition coefficient (Wildman–Crippen LogP) is 4.56. The van der Waals surface area contributed by atoms with Crippen LogP contribution in [0.1, 0.15) is 42.6 Å². The van der Waals surface area contributed by atoms with E-state index in [1.807, 2.05) is 59.3 Å². The highest BCUT2D eigenvalue weighted by atomic mass is 16.5. The number of hydrogen-bond acceptors (Lipinski definition) is 7. The van der Waals surface area contributed by atoms with Crippen molar-refractivity contribution in [2.75, 3.05) is 7.11 Å². The molecule has 9 heteroatoms. The summed E-state index contributed by atoms with van der Waals surface area (Å²) in [5.74, 6) is 2.39. The average molecular weight is 499 g/mol. The Bertz CT molecular complexity index is 1510. The molecule has 0 saturated carbocycles. The summed E-state index contributed by atoms with van der Waals surface area (Å²) in [7, 11) is 1.61. The van der Waals surface area contributed by atoms with Gasteiger partial charge in [-0.3, -0.25) is 9.69 Å². The summed E-state index contributed by atoms with van der Waals surface area (Å²) in [6, 6.07) is 21.3. The van der Waals surface area contributed by atoms with Gasteiger partial charge in [0.15, 0.2) is 5.82 Å². The molecule has 37 heavy (non-hydrogen) atoms. The van der Waals surface area contributed by atoms with E-state index in [-0.39, 0.29) is 17.5 Å². The molecule has 0 bridgehead atoms. The third kappa shape index (κ3) is 5.46. The van der Waals surface area contributed by atoms with Gasteiger partial charge >= 0.3 is 0 Å². The molecule has 5 rings (SSSR count). The fourth-order valence-corrected chi connectivity index (χ4v) is 4.72. The maximum Gasteiger partial charge on any atom is 0.252 e. The number of furan rings is 1. The lowest BCUT2D eigenvalue weighted by atomic mass is 10.00. The average Bonchev–Trinajstić information content (AvgIpc) is 3.57. The second kappa shape index (κ2) is 10.8. The minimum atomic E-state index is -0.172.